The van der Waals surface area contributed by atoms with Crippen LogP contribution < -0.4 is 19.6 Å². The van der Waals surface area contributed by atoms with E-state index in [-0.39, 0.29) is 53.8 Å². The van der Waals surface area contributed by atoms with Gasteiger partial charge in [0.05, 0.1) is 12.4 Å². The van der Waals surface area contributed by atoms with Gasteiger partial charge in [0, 0.05) is 53.5 Å². The Morgan fingerprint density at radius 3 is 1.02 bits per heavy atom. The molecule has 0 saturated carbocycles. The molecule has 420 valence electrons. The number of anilines is 8. The molecule has 0 amide bonds. The van der Waals surface area contributed by atoms with Gasteiger partial charge in [-0.15, -0.1) is 24.7 Å². The zero-order chi connectivity index (χ0) is 55.6. The van der Waals surface area contributed by atoms with Crippen LogP contribution in [-0.4, -0.2) is 32.6 Å². The molecule has 82 heavy (non-hydrogen) atoms. The third-order valence-corrected chi connectivity index (χ3v) is 11.3. The fourth-order valence-corrected chi connectivity index (χ4v) is 7.49. The quantitative estimate of drug-likeness (QED) is 0.0575. The van der Waals surface area contributed by atoms with Crippen LogP contribution in [0.3, 0.4) is 0 Å². The summed E-state index contributed by atoms with van der Waals surface area (Å²) in [6.07, 6.45) is -4.48. The number of rotatable bonds is 10. The predicted molar refractivity (Wildman–Crippen MR) is 303 cm³/mol. The smallest absolute Gasteiger partial charge is 0.434 e. The number of hydrogen-bond donors (Lipinski definition) is 0. The van der Waals surface area contributed by atoms with Crippen molar-refractivity contribution in [1.82, 2.24) is 19.9 Å². The predicted octanol–water partition coefficient (Wildman–Crippen LogP) is 17.5. The molecule has 2 aromatic heterocycles. The number of nitrogens with zero attached hydrogens (tertiary/aromatic N) is 12. The first-order chi connectivity index (χ1) is 39.0. The summed E-state index contributed by atoms with van der Waals surface area (Å²) in [6.45, 7) is 3.32. The minimum absolute atomic E-state index is 0. The van der Waals surface area contributed by atoms with Crippen molar-refractivity contribution in [1.29, 1.82) is 0 Å². The van der Waals surface area contributed by atoms with Gasteiger partial charge in [-0.3, -0.25) is 0 Å². The van der Waals surface area contributed by atoms with E-state index in [9.17, 15) is 26.3 Å². The minimum Gasteiger partial charge on any atom is -0.477 e. The van der Waals surface area contributed by atoms with E-state index < -0.39 is 23.7 Å². The molecule has 10 aromatic rings. The minimum atomic E-state index is -4.56. The van der Waals surface area contributed by atoms with Crippen LogP contribution in [0.5, 0.6) is 0 Å². The monoisotopic (exact) mass is 1460 g/mol. The maximum atomic E-state index is 13.1. The van der Waals surface area contributed by atoms with Crippen molar-refractivity contribution in [2.75, 3.05) is 19.6 Å². The van der Waals surface area contributed by atoms with Crippen molar-refractivity contribution in [3.05, 3.63) is 290 Å². The molecule has 0 N–H and O–H groups in total. The third kappa shape index (κ3) is 16.6. The molecule has 12 nitrogen and oxygen atoms in total. The summed E-state index contributed by atoms with van der Waals surface area (Å²) in [7, 11) is 0. The summed E-state index contributed by atoms with van der Waals surface area (Å²) in [4.78, 5) is 30.5. The van der Waals surface area contributed by atoms with Gasteiger partial charge in [-0.2, -0.15) is 87.0 Å². The maximum absolute atomic E-state index is 13.1. The van der Waals surface area contributed by atoms with E-state index in [1.54, 1.807) is 118 Å². The third-order valence-electron chi connectivity index (χ3n) is 11.3. The second-order valence-corrected chi connectivity index (χ2v) is 16.8. The number of aliphatic imine (C=N–C) groups is 2. The van der Waals surface area contributed by atoms with E-state index in [4.69, 9.17) is 0 Å². The van der Waals surface area contributed by atoms with E-state index in [2.05, 4.69) is 52.7 Å². The molecule has 0 bridgehead atoms. The largest absolute Gasteiger partial charge is 0.477 e. The molecule has 0 atom stereocenters. The standard InChI is InChI=1S/2C18H11F3N4.2C13H11N2.2Pt/c2*19-18(20,21)15-11-22-16-17(23-15)25(14-9-5-2-6-10-14)12-24(16)13-7-3-1-4-8-13;2*1-3-7-12(8-4-1)14-11-15-13-9-5-2-6-10-13;;/h2*1-7,9-12H;2*1-11H;;/q2*-2;2*-1;;. The first-order valence-corrected chi connectivity index (χ1v) is 24.4. The average molecular weight is 1460 g/mol. The van der Waals surface area contributed by atoms with Crippen LogP contribution in [0.4, 0.5) is 95.1 Å². The number of benzene rings is 8. The van der Waals surface area contributed by atoms with E-state index in [1.807, 2.05) is 158 Å². The van der Waals surface area contributed by atoms with Gasteiger partial charge in [-0.05, 0) is 47.0 Å². The Labute approximate surface area is 499 Å². The Hall–Kier alpha value is -8.98. The van der Waals surface area contributed by atoms with Gasteiger partial charge in [0.25, 0.3) is 0 Å². The fraction of sp³-hybridized carbons (Fsp3) is 0.0323. The Morgan fingerprint density at radius 1 is 0.390 bits per heavy atom. The molecular formula is C62H44F6N12Pt2-6. The van der Waals surface area contributed by atoms with E-state index in [1.165, 1.54) is 0 Å². The van der Waals surface area contributed by atoms with Gasteiger partial charge >= 0.3 is 12.4 Å². The van der Waals surface area contributed by atoms with Crippen molar-refractivity contribution in [3.8, 4) is 0 Å². The number of halogens is 6. The first-order valence-electron chi connectivity index (χ1n) is 24.4. The van der Waals surface area contributed by atoms with Gasteiger partial charge in [-0.25, -0.2) is 19.9 Å². The molecule has 0 aliphatic carbocycles. The van der Waals surface area contributed by atoms with Crippen molar-refractivity contribution in [2.45, 2.75) is 12.4 Å². The summed E-state index contributed by atoms with van der Waals surface area (Å²) in [5.74, 6) is 0.884. The second-order valence-electron chi connectivity index (χ2n) is 16.8. The Morgan fingerprint density at radius 2 is 0.707 bits per heavy atom. The summed E-state index contributed by atoms with van der Waals surface area (Å²) < 4.78 is 78.3. The first kappa shape index (κ1) is 60.7. The topological polar surface area (TPSA) is 117 Å². The number of para-hydroxylation sites is 8. The molecule has 0 fully saturated rings. The fourth-order valence-electron chi connectivity index (χ4n) is 7.49. The van der Waals surface area contributed by atoms with Gasteiger partial charge in [0.15, 0.2) is 11.4 Å². The molecule has 0 unspecified atom stereocenters. The van der Waals surface area contributed by atoms with E-state index in [0.717, 1.165) is 35.1 Å². The van der Waals surface area contributed by atoms with Gasteiger partial charge < -0.3 is 40.2 Å². The number of fused-ring (bicyclic) bond motifs is 2. The molecular weight excluding hydrogens is 1420 g/mol. The molecule has 2 aliphatic rings. The molecule has 8 aromatic carbocycles. The maximum Gasteiger partial charge on any atom is 0.434 e. The Bertz CT molecular complexity index is 3310. The normalized spacial score (nSPS) is 12.3. The molecule has 12 rings (SSSR count). The van der Waals surface area contributed by atoms with Crippen LogP contribution >= 0.6 is 0 Å². The van der Waals surface area contributed by atoms with E-state index in [0.29, 0.717) is 34.4 Å². The molecule has 20 heteroatoms. The van der Waals surface area contributed by atoms with Crippen LogP contribution in [0.25, 0.3) is 10.6 Å². The number of hydrogen-bond acceptors (Lipinski definition) is 10. The second kappa shape index (κ2) is 29.5. The van der Waals surface area contributed by atoms with Crippen LogP contribution in [0.1, 0.15) is 11.4 Å². The zero-order valence-corrected chi connectivity index (χ0v) is 47.2. The number of aromatic nitrogens is 4. The van der Waals surface area contributed by atoms with Crippen molar-refractivity contribution in [2.24, 2.45) is 9.98 Å². The van der Waals surface area contributed by atoms with Gasteiger partial charge in [0.2, 0.25) is 0 Å². The summed E-state index contributed by atoms with van der Waals surface area (Å²) in [5, 5.41) is 8.42. The average Bonchev–Trinajstić information content (AvgIpc) is 4.31. The van der Waals surface area contributed by atoms with Gasteiger partial charge in [-0.1, -0.05) is 170 Å². The summed E-state index contributed by atoms with van der Waals surface area (Å²) >= 11 is 0. The Kier molecular flexibility index (Phi) is 21.8. The van der Waals surface area contributed by atoms with E-state index >= 15 is 0 Å². The van der Waals surface area contributed by atoms with Crippen molar-refractivity contribution >= 4 is 81.4 Å². The molecule has 4 heterocycles. The molecule has 0 spiro atoms. The van der Waals surface area contributed by atoms with Crippen LogP contribution in [0.2, 0.25) is 0 Å². The molecule has 0 saturated heterocycles. The SMILES string of the molecule is C(=Nc1ccccc1)[N-]c1ccccc1.C(=Nc1ccccc1)[N-]c1ccccc1.FC(F)(F)c1cnc2c(n1)N(c1ccccc1)[CH-]N2c1[c-]cccc1.FC(F)(F)c1cnc2c(n1)N(c1ccccc1)[CH-]N2c1[c-]cccc1.[Pt].[Pt]. The summed E-state index contributed by atoms with van der Waals surface area (Å²) in [5.41, 5.74) is 4.31. The van der Waals surface area contributed by atoms with Crippen molar-refractivity contribution in [3.63, 3.8) is 0 Å². The van der Waals surface area contributed by atoms with Crippen molar-refractivity contribution < 1.29 is 68.5 Å². The van der Waals surface area contributed by atoms with Crippen LogP contribution in [0.15, 0.2) is 253 Å². The molecule has 2 aliphatic heterocycles. The van der Waals surface area contributed by atoms with Gasteiger partial charge in [0.1, 0.15) is 23.3 Å². The zero-order valence-electron chi connectivity index (χ0n) is 42.7. The van der Waals surface area contributed by atoms with Crippen LogP contribution in [0, 0.1) is 25.5 Å². The van der Waals surface area contributed by atoms with Crippen LogP contribution in [-0.2, 0) is 54.5 Å². The molecule has 0 radical (unpaired) electrons. The number of alkyl halides is 6. The Balaban J connectivity index is 0.000000161. The summed E-state index contributed by atoms with van der Waals surface area (Å²) in [6, 6.07) is 77.5.